The van der Waals surface area contributed by atoms with Crippen LogP contribution in [0.1, 0.15) is 86.7 Å². The van der Waals surface area contributed by atoms with Gasteiger partial charge in [0.05, 0.1) is 35.6 Å². The largest absolute Gasteiger partial charge is 0.456 e. The smallest absolute Gasteiger partial charge is 0.338 e. The van der Waals surface area contributed by atoms with Gasteiger partial charge in [-0.15, -0.1) is 0 Å². The third-order valence-corrected chi connectivity index (χ3v) is 13.5. The average Bonchev–Trinajstić information content (AvgIpc) is 3.24. The molecule has 3 aliphatic carbocycles. The van der Waals surface area contributed by atoms with Crippen molar-refractivity contribution in [1.82, 2.24) is 5.32 Å². The van der Waals surface area contributed by atoms with E-state index in [1.165, 1.54) is 26.0 Å². The van der Waals surface area contributed by atoms with E-state index in [1.807, 2.05) is 0 Å². The van der Waals surface area contributed by atoms with Gasteiger partial charge in [-0.25, -0.2) is 9.59 Å². The minimum atomic E-state index is -2.39. The Hall–Kier alpha value is -5.74. The molecule has 15 heteroatoms. The number of rotatable bonds is 10. The molecule has 2 bridgehead atoms. The van der Waals surface area contributed by atoms with Crippen molar-refractivity contribution in [2.75, 3.05) is 6.61 Å². The molecule has 4 N–H and O–H groups in total. The Morgan fingerprint density at radius 3 is 1.95 bits per heavy atom. The Labute approximate surface area is 358 Å². The maximum Gasteiger partial charge on any atom is 0.338 e. The van der Waals surface area contributed by atoms with Gasteiger partial charge >= 0.3 is 23.9 Å². The number of carbonyl (C=O) groups excluding carboxylic acids is 6. The van der Waals surface area contributed by atoms with Crippen molar-refractivity contribution in [2.45, 2.75) is 108 Å². The Kier molecular flexibility index (Phi) is 11.8. The van der Waals surface area contributed by atoms with Gasteiger partial charge in [-0.2, -0.15) is 0 Å². The predicted octanol–water partition coefficient (Wildman–Crippen LogP) is 3.74. The normalized spacial score (nSPS) is 31.9. The first kappa shape index (κ1) is 44.3. The summed E-state index contributed by atoms with van der Waals surface area (Å²) < 4.78 is 30.3. The van der Waals surface area contributed by atoms with Crippen molar-refractivity contribution < 1.29 is 67.8 Å². The van der Waals surface area contributed by atoms with Crippen LogP contribution in [0.2, 0.25) is 0 Å². The number of hydrogen-bond acceptors (Lipinski definition) is 14. The second kappa shape index (κ2) is 16.5. The molecule has 1 heterocycles. The fourth-order valence-electron chi connectivity index (χ4n) is 10.2. The van der Waals surface area contributed by atoms with E-state index in [1.54, 1.807) is 92.7 Å². The van der Waals surface area contributed by atoms with Crippen LogP contribution in [0.5, 0.6) is 0 Å². The van der Waals surface area contributed by atoms with Gasteiger partial charge in [-0.05, 0) is 54.8 Å². The van der Waals surface area contributed by atoms with Crippen LogP contribution in [0.3, 0.4) is 0 Å². The van der Waals surface area contributed by atoms with Gasteiger partial charge in [0.15, 0.2) is 23.6 Å². The fourth-order valence-corrected chi connectivity index (χ4v) is 10.2. The number of aliphatic hydroxyl groups excluding tert-OH is 2. The van der Waals surface area contributed by atoms with E-state index in [0.717, 1.165) is 13.8 Å². The van der Waals surface area contributed by atoms with Crippen molar-refractivity contribution in [2.24, 2.45) is 16.7 Å². The van der Waals surface area contributed by atoms with Gasteiger partial charge in [0.1, 0.15) is 23.9 Å². The van der Waals surface area contributed by atoms with Crippen LogP contribution in [-0.4, -0.2) is 105 Å². The molecule has 62 heavy (non-hydrogen) atoms. The molecule has 3 fully saturated rings. The number of Topliss-reactive ketones (excluding diaryl/α,β-unsaturated/α-hetero) is 1. The van der Waals surface area contributed by atoms with Crippen LogP contribution >= 0.6 is 0 Å². The summed E-state index contributed by atoms with van der Waals surface area (Å²) in [5.74, 6) is -6.84. The maximum atomic E-state index is 15.5. The molecule has 7 rings (SSSR count). The topological polar surface area (TPSA) is 221 Å². The lowest BCUT2D eigenvalue weighted by molar-refractivity contribution is -0.346. The molecule has 1 amide bonds. The van der Waals surface area contributed by atoms with Crippen molar-refractivity contribution in [3.63, 3.8) is 0 Å². The highest BCUT2D eigenvalue weighted by Crippen LogP contribution is 2.64. The third kappa shape index (κ3) is 7.29. The summed E-state index contributed by atoms with van der Waals surface area (Å²) in [6.45, 7) is 7.97. The highest BCUT2D eigenvalue weighted by Gasteiger charge is 2.78. The molecule has 328 valence electrons. The first-order valence-corrected chi connectivity index (χ1v) is 20.5. The zero-order valence-electron chi connectivity index (χ0n) is 35.2. The van der Waals surface area contributed by atoms with Gasteiger partial charge < -0.3 is 44.3 Å². The summed E-state index contributed by atoms with van der Waals surface area (Å²) in [5.41, 5.74) is -7.02. The summed E-state index contributed by atoms with van der Waals surface area (Å²) in [5, 5.41) is 40.2. The lowest BCUT2D eigenvalue weighted by Gasteiger charge is -2.67. The molecule has 3 aromatic rings. The van der Waals surface area contributed by atoms with E-state index in [2.05, 4.69) is 5.32 Å². The number of carbonyl (C=O) groups is 6. The van der Waals surface area contributed by atoms with Gasteiger partial charge in [0.25, 0.3) is 5.91 Å². The van der Waals surface area contributed by atoms with Crippen molar-refractivity contribution in [3.05, 3.63) is 119 Å². The zero-order valence-corrected chi connectivity index (χ0v) is 35.2. The number of benzene rings is 3. The van der Waals surface area contributed by atoms with Gasteiger partial charge in [0, 0.05) is 37.7 Å². The second-order valence-corrected chi connectivity index (χ2v) is 17.4. The van der Waals surface area contributed by atoms with Crippen molar-refractivity contribution in [1.29, 1.82) is 0 Å². The van der Waals surface area contributed by atoms with E-state index in [9.17, 15) is 39.3 Å². The van der Waals surface area contributed by atoms with E-state index < -0.39 is 113 Å². The summed E-state index contributed by atoms with van der Waals surface area (Å²) in [6.07, 6.45) is -10.5. The average molecular weight is 854 g/mol. The van der Waals surface area contributed by atoms with Crippen LogP contribution in [0.15, 0.2) is 102 Å². The molecule has 11 atom stereocenters. The monoisotopic (exact) mass is 853 g/mol. The van der Waals surface area contributed by atoms with Crippen molar-refractivity contribution in [3.8, 4) is 0 Å². The molecule has 0 radical (unpaired) electrons. The summed E-state index contributed by atoms with van der Waals surface area (Å²) in [6, 6.07) is 22.9. The quantitative estimate of drug-likeness (QED) is 0.130. The lowest BCUT2D eigenvalue weighted by Crippen LogP contribution is -2.82. The molecular weight excluding hydrogens is 803 g/mol. The molecular formula is C47H51NO14. The van der Waals surface area contributed by atoms with Crippen LogP contribution in [-0.2, 0) is 42.9 Å². The molecule has 1 aliphatic heterocycles. The predicted molar refractivity (Wildman–Crippen MR) is 218 cm³/mol. The number of fused-ring (bicyclic) bond motifs is 5. The van der Waals surface area contributed by atoms with Crippen LogP contribution in [0.25, 0.3) is 0 Å². The van der Waals surface area contributed by atoms with Gasteiger partial charge in [0.2, 0.25) is 0 Å². The molecule has 4 aliphatic rings. The highest BCUT2D eigenvalue weighted by molar-refractivity contribution is 5.96. The molecule has 15 nitrogen and oxygen atoms in total. The molecule has 1 saturated heterocycles. The second-order valence-electron chi connectivity index (χ2n) is 17.4. The van der Waals surface area contributed by atoms with E-state index >= 15 is 4.79 Å². The third-order valence-electron chi connectivity index (χ3n) is 13.5. The molecule has 3 aromatic carbocycles. The number of nitrogens with one attached hydrogen (secondary N) is 1. The number of ketones is 1. The maximum absolute atomic E-state index is 15.5. The fraction of sp³-hybridized carbons (Fsp3) is 0.447. The molecule has 2 unspecified atom stereocenters. The molecule has 2 saturated carbocycles. The van der Waals surface area contributed by atoms with Crippen LogP contribution in [0.4, 0.5) is 0 Å². The Balaban J connectivity index is 1.39. The number of esters is 4. The lowest BCUT2D eigenvalue weighted by atomic mass is 9.44. The highest BCUT2D eigenvalue weighted by atomic mass is 16.6. The Morgan fingerprint density at radius 2 is 1.40 bits per heavy atom. The van der Waals surface area contributed by atoms with Gasteiger partial charge in [-0.1, -0.05) is 80.6 Å². The Bertz CT molecular complexity index is 2280. The van der Waals surface area contributed by atoms with Crippen LogP contribution < -0.4 is 5.32 Å². The number of ether oxygens (including phenoxy) is 5. The first-order chi connectivity index (χ1) is 29.3. The molecule has 0 spiro atoms. The van der Waals surface area contributed by atoms with E-state index in [4.69, 9.17) is 23.7 Å². The minimum Gasteiger partial charge on any atom is -0.456 e. The standard InChI is InChI=1S/C47H51NO14/c1-25-31(60-43(56)36(52)35(28-16-10-7-11-17-28)48-41(54)29-18-12-8-13-19-29)23-47(57)40(61-42(55)30-20-14-9-15-21-30)38-45(6,32(51)22-33-46(38,24-58-33)62-27(3)50)39(53)37(59-26(2)49)34(25)44(47,4)5/h7-21,31-33,35-38,40,51-52,57H,22-24H2,1-6H3,(H,48,54)/t31-,32-,33?,35-,36+,37+,38-,40+,45+,46?,47+/m0/s1. The number of aliphatic hydroxyl groups is 3. The minimum absolute atomic E-state index is 0.00289. The molecule has 0 aromatic heterocycles. The van der Waals surface area contributed by atoms with Crippen molar-refractivity contribution >= 4 is 35.6 Å². The SMILES string of the molecule is CC(=O)O[C@H]1C(=O)[C@@]2(C)[C@H]([C@@H](OC(=O)c3ccccc3)[C@]3(O)C[C@H](OC(=O)[C@H](O)[C@@H](NC(=O)c4ccccc4)c4ccccc4)C(C)=C1C3(C)C)C1(OC(C)=O)COC1C[C@@H]2O. The first-order valence-electron chi connectivity index (χ1n) is 20.5. The number of hydrogen-bond donors (Lipinski definition) is 4. The van der Waals surface area contributed by atoms with Crippen LogP contribution in [0, 0.1) is 16.7 Å². The summed E-state index contributed by atoms with van der Waals surface area (Å²) >= 11 is 0. The van der Waals surface area contributed by atoms with E-state index in [0.29, 0.717) is 5.56 Å². The number of amides is 1. The Morgan fingerprint density at radius 1 is 0.823 bits per heavy atom. The summed E-state index contributed by atoms with van der Waals surface area (Å²) in [4.78, 5) is 83.5. The summed E-state index contributed by atoms with van der Waals surface area (Å²) in [7, 11) is 0. The van der Waals surface area contributed by atoms with E-state index in [-0.39, 0.29) is 35.3 Å². The van der Waals surface area contributed by atoms with Gasteiger partial charge in [-0.3, -0.25) is 19.2 Å². The zero-order chi connectivity index (χ0) is 44.9.